The molecule has 2 aromatic rings. The number of rotatable bonds is 3. The molecule has 1 aliphatic heterocycles. The Morgan fingerprint density at radius 2 is 2.10 bits per heavy atom. The van der Waals surface area contributed by atoms with Crippen molar-refractivity contribution in [3.8, 4) is 0 Å². The number of aromatic nitrogens is 2. The number of nitrogens with zero attached hydrogens (tertiary/aromatic N) is 2. The van der Waals surface area contributed by atoms with E-state index in [1.165, 1.54) is 12.8 Å². The molecule has 0 amide bonds. The predicted molar refractivity (Wildman–Crippen MR) is 81.1 cm³/mol. The van der Waals surface area contributed by atoms with Gasteiger partial charge in [-0.2, -0.15) is 0 Å². The number of nitrogens with one attached hydrogen (secondary N) is 2. The van der Waals surface area contributed by atoms with Crippen LogP contribution in [-0.4, -0.2) is 41.5 Å². The average Bonchev–Trinajstić information content (AvgIpc) is 2.47. The van der Waals surface area contributed by atoms with Crippen LogP contribution in [0.4, 0.5) is 5.95 Å². The normalized spacial score (nSPS) is 17.4. The number of para-hydroxylation sites is 1. The number of anilines is 1. The minimum atomic E-state index is -0.0820. The van der Waals surface area contributed by atoms with Crippen LogP contribution in [0.5, 0.6) is 0 Å². The van der Waals surface area contributed by atoms with Gasteiger partial charge in [-0.1, -0.05) is 12.1 Å². The van der Waals surface area contributed by atoms with E-state index < -0.39 is 0 Å². The molecular formula is C15H20N4O. The molecule has 0 atom stereocenters. The van der Waals surface area contributed by atoms with Crippen molar-refractivity contribution in [1.29, 1.82) is 0 Å². The predicted octanol–water partition coefficient (Wildman–Crippen LogP) is 1.68. The number of benzene rings is 1. The molecule has 1 aromatic carbocycles. The fourth-order valence-corrected chi connectivity index (χ4v) is 2.68. The van der Waals surface area contributed by atoms with Crippen LogP contribution in [-0.2, 0) is 0 Å². The molecule has 0 radical (unpaired) electrons. The standard InChI is InChI=1S/C15H20N4O/c1-19-8-6-11(7-9-19)10-16-15-17-13-5-3-2-4-12(13)14(20)18-15/h2-5,11H,6-10H2,1H3,(H2,16,17,18,20). The Labute approximate surface area is 118 Å². The number of aromatic amines is 1. The highest BCUT2D eigenvalue weighted by molar-refractivity contribution is 5.78. The fourth-order valence-electron chi connectivity index (χ4n) is 2.68. The number of hydrogen-bond donors (Lipinski definition) is 2. The van der Waals surface area contributed by atoms with E-state index in [0.29, 0.717) is 17.3 Å². The zero-order valence-electron chi connectivity index (χ0n) is 11.7. The summed E-state index contributed by atoms with van der Waals surface area (Å²) >= 11 is 0. The molecule has 5 nitrogen and oxygen atoms in total. The van der Waals surface area contributed by atoms with Gasteiger partial charge in [0.25, 0.3) is 5.56 Å². The van der Waals surface area contributed by atoms with Crippen molar-refractivity contribution in [1.82, 2.24) is 14.9 Å². The molecule has 1 aromatic heterocycles. The molecule has 5 heteroatoms. The second-order valence-corrected chi connectivity index (χ2v) is 5.56. The van der Waals surface area contributed by atoms with Crippen LogP contribution in [0.1, 0.15) is 12.8 Å². The highest BCUT2D eigenvalue weighted by Gasteiger charge is 2.16. The minimum Gasteiger partial charge on any atom is -0.355 e. The summed E-state index contributed by atoms with van der Waals surface area (Å²) in [6, 6.07) is 7.41. The molecule has 0 bridgehead atoms. The van der Waals surface area contributed by atoms with Crippen LogP contribution in [0.15, 0.2) is 29.1 Å². The van der Waals surface area contributed by atoms with Gasteiger partial charge in [-0.3, -0.25) is 9.78 Å². The summed E-state index contributed by atoms with van der Waals surface area (Å²) < 4.78 is 0. The van der Waals surface area contributed by atoms with Crippen molar-refractivity contribution in [3.63, 3.8) is 0 Å². The first-order valence-electron chi connectivity index (χ1n) is 7.14. The number of piperidine rings is 1. The summed E-state index contributed by atoms with van der Waals surface area (Å²) in [7, 11) is 2.16. The lowest BCUT2D eigenvalue weighted by Crippen LogP contribution is -2.33. The van der Waals surface area contributed by atoms with E-state index in [-0.39, 0.29) is 5.56 Å². The third kappa shape index (κ3) is 2.82. The van der Waals surface area contributed by atoms with Crippen LogP contribution in [0.2, 0.25) is 0 Å². The molecule has 2 N–H and O–H groups in total. The molecule has 3 rings (SSSR count). The van der Waals surface area contributed by atoms with Gasteiger partial charge in [0.1, 0.15) is 0 Å². The minimum absolute atomic E-state index is 0.0820. The molecule has 1 aliphatic rings. The third-order valence-electron chi connectivity index (χ3n) is 4.01. The van der Waals surface area contributed by atoms with Crippen molar-refractivity contribution in [2.45, 2.75) is 12.8 Å². The molecule has 0 unspecified atom stereocenters. The van der Waals surface area contributed by atoms with Crippen LogP contribution >= 0.6 is 0 Å². The van der Waals surface area contributed by atoms with Crippen molar-refractivity contribution >= 4 is 16.9 Å². The highest BCUT2D eigenvalue weighted by atomic mass is 16.1. The summed E-state index contributed by atoms with van der Waals surface area (Å²) in [5.74, 6) is 1.23. The second kappa shape index (κ2) is 5.63. The number of H-pyrrole nitrogens is 1. The Bertz CT molecular complexity index is 644. The molecule has 0 saturated carbocycles. The monoisotopic (exact) mass is 272 g/mol. The van der Waals surface area contributed by atoms with Crippen molar-refractivity contribution in [3.05, 3.63) is 34.6 Å². The molecule has 0 spiro atoms. The van der Waals surface area contributed by atoms with Gasteiger partial charge in [-0.25, -0.2) is 4.98 Å². The van der Waals surface area contributed by atoms with Crippen LogP contribution in [0, 0.1) is 5.92 Å². The maximum atomic E-state index is 12.0. The second-order valence-electron chi connectivity index (χ2n) is 5.56. The van der Waals surface area contributed by atoms with E-state index in [1.807, 2.05) is 18.2 Å². The first-order chi connectivity index (χ1) is 9.72. The van der Waals surface area contributed by atoms with Gasteiger partial charge in [-0.05, 0) is 51.0 Å². The number of likely N-dealkylation sites (tertiary alicyclic amines) is 1. The summed E-state index contributed by atoms with van der Waals surface area (Å²) in [5.41, 5.74) is 0.656. The van der Waals surface area contributed by atoms with E-state index >= 15 is 0 Å². The Morgan fingerprint density at radius 1 is 1.35 bits per heavy atom. The Hall–Kier alpha value is -1.88. The molecular weight excluding hydrogens is 252 g/mol. The van der Waals surface area contributed by atoms with Gasteiger partial charge in [0.05, 0.1) is 10.9 Å². The van der Waals surface area contributed by atoms with Crippen LogP contribution < -0.4 is 10.9 Å². The molecule has 106 valence electrons. The SMILES string of the molecule is CN1CCC(CNc2nc3ccccc3c(=O)[nH]2)CC1. The van der Waals surface area contributed by atoms with E-state index in [9.17, 15) is 4.79 Å². The Kier molecular flexibility index (Phi) is 3.69. The van der Waals surface area contributed by atoms with Crippen molar-refractivity contribution < 1.29 is 0 Å². The van der Waals surface area contributed by atoms with E-state index in [2.05, 4.69) is 27.2 Å². The highest BCUT2D eigenvalue weighted by Crippen LogP contribution is 2.16. The fraction of sp³-hybridized carbons (Fsp3) is 0.467. The van der Waals surface area contributed by atoms with Crippen LogP contribution in [0.25, 0.3) is 10.9 Å². The van der Waals surface area contributed by atoms with E-state index in [1.54, 1.807) is 6.07 Å². The van der Waals surface area contributed by atoms with E-state index in [4.69, 9.17) is 0 Å². The summed E-state index contributed by atoms with van der Waals surface area (Å²) in [6.07, 6.45) is 2.39. The molecule has 20 heavy (non-hydrogen) atoms. The van der Waals surface area contributed by atoms with Gasteiger partial charge < -0.3 is 10.2 Å². The maximum Gasteiger partial charge on any atom is 0.260 e. The topological polar surface area (TPSA) is 61.0 Å². The average molecular weight is 272 g/mol. The Morgan fingerprint density at radius 3 is 2.90 bits per heavy atom. The maximum absolute atomic E-state index is 12.0. The molecule has 1 fully saturated rings. The lowest BCUT2D eigenvalue weighted by Gasteiger charge is -2.28. The summed E-state index contributed by atoms with van der Waals surface area (Å²) in [6.45, 7) is 3.16. The van der Waals surface area contributed by atoms with Crippen molar-refractivity contribution in [2.75, 3.05) is 32.0 Å². The number of fused-ring (bicyclic) bond motifs is 1. The van der Waals surface area contributed by atoms with Crippen LogP contribution in [0.3, 0.4) is 0 Å². The van der Waals surface area contributed by atoms with E-state index in [0.717, 1.165) is 25.2 Å². The first-order valence-corrected chi connectivity index (χ1v) is 7.14. The summed E-state index contributed by atoms with van der Waals surface area (Å²) in [4.78, 5) is 21.6. The molecule has 2 heterocycles. The molecule has 1 saturated heterocycles. The zero-order valence-corrected chi connectivity index (χ0v) is 11.7. The lowest BCUT2D eigenvalue weighted by atomic mass is 9.97. The largest absolute Gasteiger partial charge is 0.355 e. The summed E-state index contributed by atoms with van der Waals surface area (Å²) in [5, 5.41) is 3.91. The van der Waals surface area contributed by atoms with Crippen molar-refractivity contribution in [2.24, 2.45) is 5.92 Å². The van der Waals surface area contributed by atoms with Gasteiger partial charge >= 0.3 is 0 Å². The Balaban J connectivity index is 1.70. The zero-order chi connectivity index (χ0) is 13.9. The quantitative estimate of drug-likeness (QED) is 0.892. The van der Waals surface area contributed by atoms with Gasteiger partial charge in [-0.15, -0.1) is 0 Å². The van der Waals surface area contributed by atoms with Gasteiger partial charge in [0.15, 0.2) is 0 Å². The molecule has 0 aliphatic carbocycles. The van der Waals surface area contributed by atoms with Gasteiger partial charge in [0.2, 0.25) is 5.95 Å². The number of hydrogen-bond acceptors (Lipinski definition) is 4. The lowest BCUT2D eigenvalue weighted by molar-refractivity contribution is 0.226. The van der Waals surface area contributed by atoms with Gasteiger partial charge in [0, 0.05) is 6.54 Å². The first kappa shape index (κ1) is 13.1. The smallest absolute Gasteiger partial charge is 0.260 e. The third-order valence-corrected chi connectivity index (χ3v) is 4.01.